The molecule has 0 amide bonds. The molecule has 0 aromatic carbocycles. The van der Waals surface area contributed by atoms with Crippen LogP contribution in [0.3, 0.4) is 0 Å². The molecule has 0 spiro atoms. The predicted octanol–water partition coefficient (Wildman–Crippen LogP) is -0.989. The van der Waals surface area contributed by atoms with Gasteiger partial charge < -0.3 is 4.79 Å². The van der Waals surface area contributed by atoms with Gasteiger partial charge in [-0.05, 0) is 6.92 Å². The zero-order valence-electron chi connectivity index (χ0n) is 3.91. The van der Waals surface area contributed by atoms with Crippen molar-refractivity contribution in [2.24, 2.45) is 0 Å². The van der Waals surface area contributed by atoms with Crippen LogP contribution in [0.25, 0.3) is 0 Å². The van der Waals surface area contributed by atoms with Crippen molar-refractivity contribution in [3.63, 3.8) is 0 Å². The van der Waals surface area contributed by atoms with Crippen molar-refractivity contribution in [3.05, 3.63) is 0 Å². The number of hydrogen-bond acceptors (Lipinski definition) is 1. The summed E-state index contributed by atoms with van der Waals surface area (Å²) in [7, 11) is 0.710. The molecule has 0 saturated carbocycles. The summed E-state index contributed by atoms with van der Waals surface area (Å²) in [5, 5.41) is 0.306. The summed E-state index contributed by atoms with van der Waals surface area (Å²) in [6.07, 6.45) is 0. The Morgan fingerprint density at radius 1 is 2.25 bits per heavy atom. The number of carbonyl (C=O) groups is 1. The maximum Gasteiger partial charge on any atom is 1.00 e. The van der Waals surface area contributed by atoms with E-state index in [1.165, 1.54) is 0 Å². The maximum atomic E-state index is 9.51. The molecule has 0 unspecified atom stereocenters. The Kier molecular flexibility index (Phi) is 1.20. The van der Waals surface area contributed by atoms with E-state index in [4.69, 9.17) is 0 Å². The predicted molar refractivity (Wildman–Crippen MR) is 21.7 cm³/mol. The zero-order valence-corrected chi connectivity index (χ0v) is 4.91. The van der Waals surface area contributed by atoms with Crippen LogP contribution in [-0.4, -0.2) is 15.6 Å². The van der Waals surface area contributed by atoms with Crippen LogP contribution in [0.5, 0.6) is 0 Å². The smallest absolute Gasteiger partial charge is 0.307 e. The largest absolute Gasteiger partial charge is 1.00 e. The number of carbonyl (C=O) groups excluding carboxylic acids is 1. The lowest BCUT2D eigenvalue weighted by Crippen LogP contribution is -1.80. The lowest BCUT2D eigenvalue weighted by molar-refractivity contribution is -0.109. The van der Waals surface area contributed by atoms with Gasteiger partial charge >= 0.3 is 1.43 Å². The van der Waals surface area contributed by atoms with Gasteiger partial charge in [0.2, 0.25) is 0 Å². The molecule has 0 N–H and O–H groups in total. The normalized spacial score (nSPS) is 7.25. The van der Waals surface area contributed by atoms with Gasteiger partial charge in [-0.15, -0.1) is 0 Å². The van der Waals surface area contributed by atoms with E-state index in [1.54, 1.807) is 6.92 Å². The zero-order chi connectivity index (χ0) is 3.58. The van der Waals surface area contributed by atoms with E-state index < -0.39 is 0 Å². The molecule has 0 atom stereocenters. The first kappa shape index (κ1) is 3.89. The van der Waals surface area contributed by atoms with E-state index in [2.05, 4.69) is 0 Å². The molecule has 2 heteroatoms. The number of hydrogen-bond donors (Lipinski definition) is 0. The third-order valence-electron chi connectivity index (χ3n) is 0. The Morgan fingerprint density at radius 3 is 2.25 bits per heavy atom. The van der Waals surface area contributed by atoms with Gasteiger partial charge in [-0.2, -0.15) is 0 Å². The molecule has 4 heavy (non-hydrogen) atoms. The number of rotatable bonds is 0. The first-order chi connectivity index (χ1) is 1.73. The van der Waals surface area contributed by atoms with E-state index in [0.29, 0.717) is 15.6 Å². The summed E-state index contributed by atoms with van der Waals surface area (Å²) in [6, 6.07) is 0. The molecule has 0 heterocycles. The Morgan fingerprint density at radius 2 is 2.25 bits per heavy atom. The fourth-order valence-corrected chi connectivity index (χ4v) is 0. The second-order valence-electron chi connectivity index (χ2n) is 0.908. The molecule has 0 aliphatic carbocycles. The molecule has 0 aliphatic heterocycles. The van der Waals surface area contributed by atoms with Gasteiger partial charge in [0.05, 0.1) is 15.6 Å². The average molecular weight is 75.2 g/mol. The van der Waals surface area contributed by atoms with Crippen molar-refractivity contribution in [2.45, 2.75) is 6.92 Å². The quantitative estimate of drug-likeness (QED) is 0.338. The average Bonchev–Trinajstić information content (AvgIpc) is 0.811. The summed E-state index contributed by atoms with van der Waals surface area (Å²) in [5.74, 6) is 0. The molecule has 0 aromatic rings. The van der Waals surface area contributed by atoms with Crippen LogP contribution < -0.4 is 0 Å². The summed E-state index contributed by atoms with van der Waals surface area (Å²) in [4.78, 5) is 9.51. The van der Waals surface area contributed by atoms with E-state index in [0.717, 1.165) is 0 Å². The van der Waals surface area contributed by atoms with Gasteiger partial charge in [0.1, 0.15) is 0 Å². The van der Waals surface area contributed by atoms with E-state index in [-0.39, 0.29) is 1.43 Å². The first-order valence-electron chi connectivity index (χ1n) is 1.20. The second kappa shape index (κ2) is 1.23. The minimum absolute atomic E-state index is 0. The van der Waals surface area contributed by atoms with Crippen LogP contribution >= 0.6 is 0 Å². The van der Waals surface area contributed by atoms with Gasteiger partial charge in [0, 0.05) is 0 Å². The highest BCUT2D eigenvalue weighted by atomic mass is 28.1. The van der Waals surface area contributed by atoms with Crippen LogP contribution in [0.15, 0.2) is 0 Å². The van der Waals surface area contributed by atoms with Crippen LogP contribution in [0.4, 0.5) is 0 Å². The minimum atomic E-state index is 0. The van der Waals surface area contributed by atoms with E-state index in [1.807, 2.05) is 0 Å². The van der Waals surface area contributed by atoms with Crippen molar-refractivity contribution in [3.8, 4) is 0 Å². The van der Waals surface area contributed by atoms with E-state index in [9.17, 15) is 4.79 Å². The van der Waals surface area contributed by atoms with Crippen molar-refractivity contribution in [1.82, 2.24) is 0 Å². The molecule has 0 fully saturated rings. The van der Waals surface area contributed by atoms with Crippen LogP contribution in [0.2, 0.25) is 0 Å². The van der Waals surface area contributed by atoms with Gasteiger partial charge in [0.25, 0.3) is 0 Å². The highest BCUT2D eigenvalue weighted by Gasteiger charge is 1.62. The maximum absolute atomic E-state index is 9.51. The fourth-order valence-electron chi connectivity index (χ4n) is 0. The van der Waals surface area contributed by atoms with E-state index >= 15 is 0 Å². The van der Waals surface area contributed by atoms with Gasteiger partial charge in [-0.25, -0.2) is 0 Å². The van der Waals surface area contributed by atoms with Crippen LogP contribution in [-0.2, 0) is 4.79 Å². The molecule has 0 saturated heterocycles. The highest BCUT2D eigenvalue weighted by molar-refractivity contribution is 6.56. The summed E-state index contributed by atoms with van der Waals surface area (Å²) >= 11 is 0. The molecular formula is C2H7OSi+. The lowest BCUT2D eigenvalue weighted by atomic mass is 10.9. The minimum Gasteiger partial charge on any atom is -0.307 e. The molecule has 0 aromatic heterocycles. The fraction of sp³-hybridized carbons (Fsp3) is 0.500. The molecule has 1 nitrogen and oxygen atoms in total. The first-order valence-corrected chi connectivity index (χ1v) is 2.20. The SMILES string of the molecule is CC(=O)[SiH3].[H+]. The molecule has 24 valence electrons. The Hall–Kier alpha value is -0.113. The van der Waals surface area contributed by atoms with Crippen molar-refractivity contribution >= 4 is 15.6 Å². The summed E-state index contributed by atoms with van der Waals surface area (Å²) in [5.41, 5.74) is 0. The van der Waals surface area contributed by atoms with Gasteiger partial charge in [-0.3, -0.25) is 0 Å². The summed E-state index contributed by atoms with van der Waals surface area (Å²) < 4.78 is 0. The Bertz CT molecular complexity index is 32.6. The molecule has 0 bridgehead atoms. The van der Waals surface area contributed by atoms with Crippen LogP contribution in [0.1, 0.15) is 8.35 Å². The van der Waals surface area contributed by atoms with Crippen molar-refractivity contribution < 1.29 is 6.22 Å². The van der Waals surface area contributed by atoms with Crippen molar-refractivity contribution in [1.29, 1.82) is 0 Å². The summed E-state index contributed by atoms with van der Waals surface area (Å²) in [6.45, 7) is 1.59. The Balaban J connectivity index is 0. The second-order valence-corrected chi connectivity index (χ2v) is 2.32. The van der Waals surface area contributed by atoms with Gasteiger partial charge in [-0.1, -0.05) is 0 Å². The highest BCUT2D eigenvalue weighted by Crippen LogP contribution is 1.40. The molecular weight excluding hydrogens is 68.1 g/mol. The third kappa shape index (κ3) is 116. The van der Waals surface area contributed by atoms with Gasteiger partial charge in [0.15, 0.2) is 0 Å². The molecule has 0 rings (SSSR count). The van der Waals surface area contributed by atoms with Crippen molar-refractivity contribution in [2.75, 3.05) is 0 Å². The lowest BCUT2D eigenvalue weighted by Gasteiger charge is -1.56. The van der Waals surface area contributed by atoms with Crippen LogP contribution in [0, 0.1) is 0 Å². The third-order valence-corrected chi connectivity index (χ3v) is 0. The Labute approximate surface area is 29.9 Å². The topological polar surface area (TPSA) is 17.1 Å². The molecule has 0 radical (unpaired) electrons. The monoisotopic (exact) mass is 75.0 g/mol. The standard InChI is InChI=1S/C2H6OSi/c1-2(3)4/h1,4H3/p+1. The molecule has 0 aliphatic rings.